The number of aromatic nitrogens is 2. The van der Waals surface area contributed by atoms with Crippen LogP contribution in [0.15, 0.2) is 67.0 Å². The van der Waals surface area contributed by atoms with Crippen LogP contribution in [0.2, 0.25) is 0 Å². The minimum Gasteiger partial charge on any atom is -0.496 e. The molecule has 0 amide bonds. The molecule has 0 aliphatic rings. The summed E-state index contributed by atoms with van der Waals surface area (Å²) in [4.78, 5) is 4.57. The Morgan fingerprint density at radius 3 is 2.32 bits per heavy atom. The first-order valence-corrected chi connectivity index (χ1v) is 9.16. The third-order valence-corrected chi connectivity index (χ3v) is 4.94. The van der Waals surface area contributed by atoms with Gasteiger partial charge in [0, 0.05) is 11.7 Å². The van der Waals surface area contributed by atoms with E-state index in [0.717, 1.165) is 44.9 Å². The van der Waals surface area contributed by atoms with Gasteiger partial charge in [-0.1, -0.05) is 24.3 Å². The van der Waals surface area contributed by atoms with E-state index in [4.69, 9.17) is 15.2 Å². The van der Waals surface area contributed by atoms with Crippen molar-refractivity contribution in [2.24, 2.45) is 5.73 Å². The lowest BCUT2D eigenvalue weighted by Gasteiger charge is -2.14. The summed E-state index contributed by atoms with van der Waals surface area (Å²) < 4.78 is 13.2. The van der Waals surface area contributed by atoms with Crippen molar-refractivity contribution in [1.82, 2.24) is 9.55 Å². The maximum Gasteiger partial charge on any atom is 0.130 e. The Kier molecular flexibility index (Phi) is 4.75. The maximum atomic E-state index is 6.00. The van der Waals surface area contributed by atoms with Crippen LogP contribution in [0, 0.1) is 0 Å². The van der Waals surface area contributed by atoms with Crippen LogP contribution in [0.5, 0.6) is 11.5 Å². The second kappa shape index (κ2) is 7.37. The number of hydrogen-bond donors (Lipinski definition) is 1. The van der Waals surface area contributed by atoms with Gasteiger partial charge in [0.1, 0.15) is 17.8 Å². The fourth-order valence-corrected chi connectivity index (χ4v) is 3.47. The molecule has 5 heteroatoms. The van der Waals surface area contributed by atoms with Crippen molar-refractivity contribution in [3.63, 3.8) is 0 Å². The SMILES string of the molecule is COc1cccc(OC)c1-c1cccc(-n2cnc3cc([C@@H](C)N)ccc32)c1. The van der Waals surface area contributed by atoms with Crippen molar-refractivity contribution < 1.29 is 9.47 Å². The molecule has 0 saturated heterocycles. The lowest BCUT2D eigenvalue weighted by atomic mass is 10.0. The summed E-state index contributed by atoms with van der Waals surface area (Å²) in [5.41, 5.74) is 12.0. The molecular formula is C23H23N3O2. The first kappa shape index (κ1) is 18.1. The lowest BCUT2D eigenvalue weighted by molar-refractivity contribution is 0.397. The highest BCUT2D eigenvalue weighted by Gasteiger charge is 2.14. The van der Waals surface area contributed by atoms with Crippen molar-refractivity contribution in [3.05, 3.63) is 72.6 Å². The minimum absolute atomic E-state index is 0.0177. The minimum atomic E-state index is -0.0177. The zero-order valence-corrected chi connectivity index (χ0v) is 16.2. The molecule has 4 aromatic rings. The van der Waals surface area contributed by atoms with Crippen LogP contribution >= 0.6 is 0 Å². The number of methoxy groups -OCH3 is 2. The van der Waals surface area contributed by atoms with Gasteiger partial charge in [0.25, 0.3) is 0 Å². The van der Waals surface area contributed by atoms with Gasteiger partial charge in [-0.3, -0.25) is 4.57 Å². The molecule has 0 aliphatic carbocycles. The van der Waals surface area contributed by atoms with Gasteiger partial charge < -0.3 is 15.2 Å². The molecule has 28 heavy (non-hydrogen) atoms. The summed E-state index contributed by atoms with van der Waals surface area (Å²) in [5, 5.41) is 0. The predicted octanol–water partition coefficient (Wildman–Crippen LogP) is 4.73. The fraction of sp³-hybridized carbons (Fsp3) is 0.174. The Morgan fingerprint density at radius 1 is 0.929 bits per heavy atom. The summed E-state index contributed by atoms with van der Waals surface area (Å²) in [5.74, 6) is 1.54. The van der Waals surface area contributed by atoms with Crippen molar-refractivity contribution >= 4 is 11.0 Å². The van der Waals surface area contributed by atoms with E-state index >= 15 is 0 Å². The number of ether oxygens (including phenoxy) is 2. The van der Waals surface area contributed by atoms with Gasteiger partial charge in [-0.2, -0.15) is 0 Å². The summed E-state index contributed by atoms with van der Waals surface area (Å²) >= 11 is 0. The Hall–Kier alpha value is -3.31. The standard InChI is InChI=1S/C23H23N3O2/c1-15(24)16-10-11-20-19(13-16)25-14-26(20)18-7-4-6-17(12-18)23-21(27-2)8-5-9-22(23)28-3/h4-15H,24H2,1-3H3/t15-/m1/s1. The summed E-state index contributed by atoms with van der Waals surface area (Å²) in [6, 6.07) is 20.2. The maximum absolute atomic E-state index is 6.00. The van der Waals surface area contributed by atoms with Gasteiger partial charge in [-0.05, 0) is 54.4 Å². The largest absolute Gasteiger partial charge is 0.496 e. The van der Waals surface area contributed by atoms with Gasteiger partial charge in [0.05, 0.1) is 30.8 Å². The van der Waals surface area contributed by atoms with Crippen molar-refractivity contribution in [2.75, 3.05) is 14.2 Å². The van der Waals surface area contributed by atoms with E-state index in [0.29, 0.717) is 0 Å². The fourth-order valence-electron chi connectivity index (χ4n) is 3.47. The highest BCUT2D eigenvalue weighted by Crippen LogP contribution is 2.39. The number of benzene rings is 3. The zero-order valence-electron chi connectivity index (χ0n) is 16.2. The van der Waals surface area contributed by atoms with Crippen LogP contribution in [-0.4, -0.2) is 23.8 Å². The van der Waals surface area contributed by atoms with E-state index < -0.39 is 0 Å². The molecule has 1 heterocycles. The van der Waals surface area contributed by atoms with Crippen LogP contribution in [-0.2, 0) is 0 Å². The van der Waals surface area contributed by atoms with Gasteiger partial charge >= 0.3 is 0 Å². The second-order valence-electron chi connectivity index (χ2n) is 6.74. The molecular weight excluding hydrogens is 350 g/mol. The predicted molar refractivity (Wildman–Crippen MR) is 112 cm³/mol. The van der Waals surface area contributed by atoms with E-state index in [2.05, 4.69) is 39.9 Å². The lowest BCUT2D eigenvalue weighted by Crippen LogP contribution is -2.04. The molecule has 4 rings (SSSR count). The summed E-state index contributed by atoms with van der Waals surface area (Å²) in [7, 11) is 3.34. The van der Waals surface area contributed by atoms with Crippen LogP contribution in [0.3, 0.4) is 0 Å². The van der Waals surface area contributed by atoms with Crippen LogP contribution in [0.1, 0.15) is 18.5 Å². The van der Waals surface area contributed by atoms with Crippen molar-refractivity contribution in [3.8, 4) is 28.3 Å². The van der Waals surface area contributed by atoms with Gasteiger partial charge in [-0.15, -0.1) is 0 Å². The Labute approximate surface area is 164 Å². The molecule has 3 aromatic carbocycles. The molecule has 1 atom stereocenters. The highest BCUT2D eigenvalue weighted by molar-refractivity contribution is 5.81. The van der Waals surface area contributed by atoms with E-state index in [1.807, 2.05) is 43.6 Å². The van der Waals surface area contributed by atoms with E-state index in [9.17, 15) is 0 Å². The first-order chi connectivity index (χ1) is 13.6. The Bertz CT molecular complexity index is 1110. The number of nitrogens with zero attached hydrogens (tertiary/aromatic N) is 2. The summed E-state index contributed by atoms with van der Waals surface area (Å²) in [6.07, 6.45) is 1.84. The molecule has 0 radical (unpaired) electrons. The molecule has 5 nitrogen and oxygen atoms in total. The zero-order chi connectivity index (χ0) is 19.7. The second-order valence-corrected chi connectivity index (χ2v) is 6.74. The number of rotatable bonds is 5. The molecule has 0 unspecified atom stereocenters. The first-order valence-electron chi connectivity index (χ1n) is 9.16. The molecule has 0 bridgehead atoms. The third-order valence-electron chi connectivity index (χ3n) is 4.94. The summed E-state index contributed by atoms with van der Waals surface area (Å²) in [6.45, 7) is 1.97. The molecule has 2 N–H and O–H groups in total. The molecule has 142 valence electrons. The Morgan fingerprint density at radius 2 is 1.64 bits per heavy atom. The Balaban J connectivity index is 1.84. The molecule has 0 saturated carbocycles. The van der Waals surface area contributed by atoms with Crippen molar-refractivity contribution in [1.29, 1.82) is 0 Å². The molecule has 0 spiro atoms. The topological polar surface area (TPSA) is 62.3 Å². The van der Waals surface area contributed by atoms with E-state index in [1.165, 1.54) is 0 Å². The highest BCUT2D eigenvalue weighted by atomic mass is 16.5. The number of fused-ring (bicyclic) bond motifs is 1. The smallest absolute Gasteiger partial charge is 0.130 e. The van der Waals surface area contributed by atoms with E-state index in [-0.39, 0.29) is 6.04 Å². The van der Waals surface area contributed by atoms with E-state index in [1.54, 1.807) is 14.2 Å². The quantitative estimate of drug-likeness (QED) is 0.549. The molecule has 1 aromatic heterocycles. The van der Waals surface area contributed by atoms with Gasteiger partial charge in [0.2, 0.25) is 0 Å². The number of hydrogen-bond acceptors (Lipinski definition) is 4. The van der Waals surface area contributed by atoms with Crippen LogP contribution in [0.4, 0.5) is 0 Å². The average Bonchev–Trinajstić information content (AvgIpc) is 3.16. The third kappa shape index (κ3) is 3.10. The van der Waals surface area contributed by atoms with Crippen LogP contribution < -0.4 is 15.2 Å². The van der Waals surface area contributed by atoms with Crippen molar-refractivity contribution in [2.45, 2.75) is 13.0 Å². The number of nitrogens with two attached hydrogens (primary N) is 1. The average molecular weight is 373 g/mol. The number of imidazole rings is 1. The molecule has 0 fully saturated rings. The van der Waals surface area contributed by atoms with Crippen LogP contribution in [0.25, 0.3) is 27.8 Å². The van der Waals surface area contributed by atoms with Gasteiger partial charge in [0.15, 0.2) is 0 Å². The molecule has 0 aliphatic heterocycles. The van der Waals surface area contributed by atoms with Gasteiger partial charge in [-0.25, -0.2) is 4.98 Å². The normalized spacial score (nSPS) is 12.1. The monoisotopic (exact) mass is 373 g/mol.